The van der Waals surface area contributed by atoms with Crippen LogP contribution in [-0.2, 0) is 9.53 Å². The van der Waals surface area contributed by atoms with Crippen LogP contribution < -0.4 is 10.1 Å². The molecule has 0 unspecified atom stereocenters. The standard InChI is InChI=1S/C21H34N2O3/c1-5-14-26-21(12-6-7-17(2)16-21)20(24)22-18-8-10-19(11-9-18)25-15-13-23(3)4/h8-11,17H,5-7,12-16H2,1-4H3,(H,22,24)/t17-,21-/m1/s1. The number of nitrogens with zero attached hydrogens (tertiary/aromatic N) is 1. The van der Waals surface area contributed by atoms with E-state index in [-0.39, 0.29) is 5.91 Å². The first-order valence-electron chi connectivity index (χ1n) is 9.78. The molecule has 0 heterocycles. The Balaban J connectivity index is 1.97. The zero-order valence-corrected chi connectivity index (χ0v) is 16.7. The van der Waals surface area contributed by atoms with E-state index >= 15 is 0 Å². The van der Waals surface area contributed by atoms with Crippen LogP contribution in [0.15, 0.2) is 24.3 Å². The third kappa shape index (κ3) is 5.99. The summed E-state index contributed by atoms with van der Waals surface area (Å²) in [6, 6.07) is 7.58. The number of rotatable bonds is 9. The van der Waals surface area contributed by atoms with Gasteiger partial charge in [0.25, 0.3) is 5.91 Å². The minimum absolute atomic E-state index is 0.0150. The number of carbonyl (C=O) groups excluding carboxylic acids is 1. The average molecular weight is 363 g/mol. The SMILES string of the molecule is CCCO[C@]1(C(=O)Nc2ccc(OCCN(C)C)cc2)CCC[C@@H](C)C1. The van der Waals surface area contributed by atoms with E-state index < -0.39 is 5.60 Å². The van der Waals surface area contributed by atoms with Gasteiger partial charge in [0.05, 0.1) is 0 Å². The Hall–Kier alpha value is -1.59. The smallest absolute Gasteiger partial charge is 0.256 e. The summed E-state index contributed by atoms with van der Waals surface area (Å²) in [4.78, 5) is 15.1. The van der Waals surface area contributed by atoms with Crippen LogP contribution in [0, 0.1) is 5.92 Å². The molecule has 1 aliphatic rings. The van der Waals surface area contributed by atoms with Gasteiger partial charge in [-0.2, -0.15) is 0 Å². The van der Waals surface area contributed by atoms with E-state index in [1.54, 1.807) is 0 Å². The Morgan fingerprint density at radius 2 is 2.00 bits per heavy atom. The van der Waals surface area contributed by atoms with Crippen LogP contribution in [0.4, 0.5) is 5.69 Å². The molecule has 0 bridgehead atoms. The number of amides is 1. The highest BCUT2D eigenvalue weighted by Crippen LogP contribution is 2.36. The average Bonchev–Trinajstić information content (AvgIpc) is 2.61. The van der Waals surface area contributed by atoms with Crippen molar-refractivity contribution in [2.24, 2.45) is 5.92 Å². The molecule has 0 aliphatic heterocycles. The van der Waals surface area contributed by atoms with Crippen LogP contribution >= 0.6 is 0 Å². The fourth-order valence-electron chi connectivity index (χ4n) is 3.43. The predicted octanol–water partition coefficient (Wildman–Crippen LogP) is 3.94. The minimum atomic E-state index is -0.686. The van der Waals surface area contributed by atoms with E-state index in [2.05, 4.69) is 24.1 Å². The molecule has 5 nitrogen and oxygen atoms in total. The summed E-state index contributed by atoms with van der Waals surface area (Å²) in [7, 11) is 4.04. The molecule has 2 atom stereocenters. The van der Waals surface area contributed by atoms with Crippen molar-refractivity contribution in [2.75, 3.05) is 39.2 Å². The molecule has 5 heteroatoms. The quantitative estimate of drug-likeness (QED) is 0.723. The number of benzene rings is 1. The van der Waals surface area contributed by atoms with Gasteiger partial charge in [0.2, 0.25) is 0 Å². The Morgan fingerprint density at radius 1 is 1.27 bits per heavy atom. The molecule has 1 aliphatic carbocycles. The Bertz CT molecular complexity index is 559. The molecule has 1 fully saturated rings. The van der Waals surface area contributed by atoms with Crippen molar-refractivity contribution in [2.45, 2.75) is 51.6 Å². The first-order valence-corrected chi connectivity index (χ1v) is 9.78. The van der Waals surface area contributed by atoms with Gasteiger partial charge in [-0.25, -0.2) is 0 Å². The van der Waals surface area contributed by atoms with Crippen LogP contribution in [0.3, 0.4) is 0 Å². The summed E-state index contributed by atoms with van der Waals surface area (Å²) < 4.78 is 11.8. The molecular formula is C21H34N2O3. The lowest BCUT2D eigenvalue weighted by Gasteiger charge is -2.38. The molecule has 146 valence electrons. The van der Waals surface area contributed by atoms with Crippen LogP contribution in [0.1, 0.15) is 46.0 Å². The van der Waals surface area contributed by atoms with E-state index in [0.717, 1.165) is 43.7 Å². The molecule has 0 spiro atoms. The first kappa shape index (κ1) is 20.7. The van der Waals surface area contributed by atoms with Crippen molar-refractivity contribution < 1.29 is 14.3 Å². The van der Waals surface area contributed by atoms with Gasteiger partial charge in [-0.1, -0.05) is 20.3 Å². The van der Waals surface area contributed by atoms with Crippen LogP contribution in [0.2, 0.25) is 0 Å². The lowest BCUT2D eigenvalue weighted by atomic mass is 9.78. The molecule has 26 heavy (non-hydrogen) atoms. The van der Waals surface area contributed by atoms with Crippen molar-refractivity contribution in [3.63, 3.8) is 0 Å². The van der Waals surface area contributed by atoms with Gasteiger partial charge in [0.15, 0.2) is 0 Å². The Morgan fingerprint density at radius 3 is 2.62 bits per heavy atom. The minimum Gasteiger partial charge on any atom is -0.492 e. The second-order valence-electron chi connectivity index (χ2n) is 7.67. The fraction of sp³-hybridized carbons (Fsp3) is 0.667. The number of anilines is 1. The highest BCUT2D eigenvalue weighted by atomic mass is 16.5. The molecule has 1 N–H and O–H groups in total. The molecule has 1 aromatic rings. The molecule has 1 aromatic carbocycles. The van der Waals surface area contributed by atoms with Gasteiger partial charge in [0.1, 0.15) is 18.0 Å². The van der Waals surface area contributed by atoms with Crippen LogP contribution in [0.5, 0.6) is 5.75 Å². The highest BCUT2D eigenvalue weighted by Gasteiger charge is 2.42. The van der Waals surface area contributed by atoms with Crippen molar-refractivity contribution in [1.29, 1.82) is 0 Å². The summed E-state index contributed by atoms with van der Waals surface area (Å²) >= 11 is 0. The molecule has 0 radical (unpaired) electrons. The third-order valence-corrected chi connectivity index (χ3v) is 4.87. The fourth-order valence-corrected chi connectivity index (χ4v) is 3.43. The van der Waals surface area contributed by atoms with Gasteiger partial charge < -0.3 is 19.7 Å². The van der Waals surface area contributed by atoms with Gasteiger partial charge in [0, 0.05) is 18.8 Å². The Kier molecular flexibility index (Phi) is 7.91. The van der Waals surface area contributed by atoms with Crippen molar-refractivity contribution in [1.82, 2.24) is 4.90 Å². The van der Waals surface area contributed by atoms with Gasteiger partial charge >= 0.3 is 0 Å². The molecular weight excluding hydrogens is 328 g/mol. The maximum absolute atomic E-state index is 13.0. The number of carbonyl (C=O) groups is 1. The van der Waals surface area contributed by atoms with Gasteiger partial charge in [-0.15, -0.1) is 0 Å². The zero-order valence-electron chi connectivity index (χ0n) is 16.7. The number of nitrogens with one attached hydrogen (secondary N) is 1. The van der Waals surface area contributed by atoms with Crippen LogP contribution in [-0.4, -0.2) is 50.3 Å². The lowest BCUT2D eigenvalue weighted by Crippen LogP contribution is -2.48. The van der Waals surface area contributed by atoms with Crippen molar-refractivity contribution in [3.05, 3.63) is 24.3 Å². The van der Waals surface area contributed by atoms with Crippen LogP contribution in [0.25, 0.3) is 0 Å². The number of likely N-dealkylation sites (N-methyl/N-ethyl adjacent to an activating group) is 1. The normalized spacial score (nSPS) is 23.0. The second kappa shape index (κ2) is 9.93. The van der Waals surface area contributed by atoms with Gasteiger partial charge in [-0.3, -0.25) is 4.79 Å². The monoisotopic (exact) mass is 362 g/mol. The topological polar surface area (TPSA) is 50.8 Å². The number of ether oxygens (including phenoxy) is 2. The zero-order chi connectivity index (χ0) is 19.0. The molecule has 1 amide bonds. The second-order valence-corrected chi connectivity index (χ2v) is 7.67. The first-order chi connectivity index (χ1) is 12.4. The van der Waals surface area contributed by atoms with E-state index in [9.17, 15) is 4.79 Å². The molecule has 1 saturated carbocycles. The summed E-state index contributed by atoms with van der Waals surface area (Å²) in [6.07, 6.45) is 4.72. The lowest BCUT2D eigenvalue weighted by molar-refractivity contribution is -0.148. The molecule has 2 rings (SSSR count). The van der Waals surface area contributed by atoms with E-state index in [1.807, 2.05) is 38.4 Å². The van der Waals surface area contributed by atoms with E-state index in [1.165, 1.54) is 6.42 Å². The molecule has 0 saturated heterocycles. The largest absolute Gasteiger partial charge is 0.492 e. The van der Waals surface area contributed by atoms with Crippen molar-refractivity contribution >= 4 is 11.6 Å². The van der Waals surface area contributed by atoms with E-state index in [0.29, 0.717) is 19.1 Å². The molecule has 0 aromatic heterocycles. The number of hydrogen-bond acceptors (Lipinski definition) is 4. The highest BCUT2D eigenvalue weighted by molar-refractivity contribution is 5.97. The summed E-state index contributed by atoms with van der Waals surface area (Å²) in [5.41, 5.74) is 0.0989. The number of hydrogen-bond donors (Lipinski definition) is 1. The predicted molar refractivity (Wildman–Crippen MR) is 106 cm³/mol. The Labute approximate surface area is 158 Å². The van der Waals surface area contributed by atoms with Gasteiger partial charge in [-0.05, 0) is 70.0 Å². The summed E-state index contributed by atoms with van der Waals surface area (Å²) in [5.74, 6) is 1.31. The van der Waals surface area contributed by atoms with E-state index in [4.69, 9.17) is 9.47 Å². The third-order valence-electron chi connectivity index (χ3n) is 4.87. The summed E-state index contributed by atoms with van der Waals surface area (Å²) in [6.45, 7) is 6.42. The van der Waals surface area contributed by atoms with Crippen molar-refractivity contribution in [3.8, 4) is 5.75 Å². The summed E-state index contributed by atoms with van der Waals surface area (Å²) in [5, 5.41) is 3.06. The maximum Gasteiger partial charge on any atom is 0.256 e. The maximum atomic E-state index is 13.0.